The van der Waals surface area contributed by atoms with Crippen LogP contribution in [0.3, 0.4) is 0 Å². The molecule has 0 radical (unpaired) electrons. The summed E-state index contributed by atoms with van der Waals surface area (Å²) in [6, 6.07) is 0. The molecular weight excluding hydrogens is 224 g/mol. The summed E-state index contributed by atoms with van der Waals surface area (Å²) >= 11 is 5.82. The van der Waals surface area contributed by atoms with E-state index < -0.39 is 0 Å². The number of rotatable bonds is 3. The van der Waals surface area contributed by atoms with Crippen LogP contribution in [0.5, 0.6) is 0 Å². The van der Waals surface area contributed by atoms with Crippen LogP contribution in [0.4, 0.5) is 5.82 Å². The summed E-state index contributed by atoms with van der Waals surface area (Å²) in [5.41, 5.74) is 0.858. The van der Waals surface area contributed by atoms with Crippen LogP contribution in [0.15, 0.2) is 11.2 Å². The predicted octanol–water partition coefficient (Wildman–Crippen LogP) is 2.69. The van der Waals surface area contributed by atoms with Gasteiger partial charge in [0.05, 0.1) is 11.9 Å². The third kappa shape index (κ3) is 3.45. The summed E-state index contributed by atoms with van der Waals surface area (Å²) < 4.78 is 0. The Kier molecular flexibility index (Phi) is 4.68. The number of aryl methyl sites for hydroxylation is 1. The quantitative estimate of drug-likeness (QED) is 0.603. The third-order valence-corrected chi connectivity index (χ3v) is 2.38. The van der Waals surface area contributed by atoms with Crippen LogP contribution in [-0.2, 0) is 6.42 Å². The molecule has 0 N–H and O–H groups in total. The normalized spacial score (nSPS) is 11.7. The monoisotopic (exact) mass is 240 g/mol. The third-order valence-electron chi connectivity index (χ3n) is 2.19. The van der Waals surface area contributed by atoms with Crippen molar-refractivity contribution in [2.75, 3.05) is 14.1 Å². The van der Waals surface area contributed by atoms with E-state index in [4.69, 9.17) is 11.6 Å². The summed E-state index contributed by atoms with van der Waals surface area (Å²) in [6.45, 7) is 4.03. The van der Waals surface area contributed by atoms with Crippen LogP contribution in [0.2, 0.25) is 5.15 Å². The zero-order chi connectivity index (χ0) is 12.1. The molecule has 0 fully saturated rings. The Morgan fingerprint density at radius 3 is 2.75 bits per heavy atom. The number of nitrogens with zero attached hydrogens (tertiary/aromatic N) is 4. The van der Waals surface area contributed by atoms with Crippen molar-refractivity contribution in [3.05, 3.63) is 17.0 Å². The Balaban J connectivity index is 3.07. The lowest BCUT2D eigenvalue weighted by molar-refractivity contribution is 0.618. The zero-order valence-corrected chi connectivity index (χ0v) is 10.9. The van der Waals surface area contributed by atoms with E-state index in [1.807, 2.05) is 25.9 Å². The minimum Gasteiger partial charge on any atom is -0.366 e. The molecule has 0 spiro atoms. The van der Waals surface area contributed by atoms with Crippen molar-refractivity contribution in [3.8, 4) is 0 Å². The molecule has 0 bridgehead atoms. The number of amidine groups is 1. The van der Waals surface area contributed by atoms with Crippen molar-refractivity contribution in [1.29, 1.82) is 0 Å². The Morgan fingerprint density at radius 1 is 1.50 bits per heavy atom. The van der Waals surface area contributed by atoms with Crippen LogP contribution in [0.1, 0.15) is 26.0 Å². The van der Waals surface area contributed by atoms with Crippen molar-refractivity contribution in [2.24, 2.45) is 4.99 Å². The molecule has 4 nitrogen and oxygen atoms in total. The highest BCUT2D eigenvalue weighted by molar-refractivity contribution is 6.29. The maximum atomic E-state index is 5.82. The van der Waals surface area contributed by atoms with Crippen LogP contribution >= 0.6 is 11.6 Å². The Bertz CT molecular complexity index is 388. The first-order valence-electron chi connectivity index (χ1n) is 5.28. The fourth-order valence-electron chi connectivity index (χ4n) is 1.15. The van der Waals surface area contributed by atoms with Gasteiger partial charge < -0.3 is 4.90 Å². The van der Waals surface area contributed by atoms with E-state index in [0.29, 0.717) is 11.0 Å². The van der Waals surface area contributed by atoms with Crippen molar-refractivity contribution < 1.29 is 0 Å². The summed E-state index contributed by atoms with van der Waals surface area (Å²) in [4.78, 5) is 14.8. The first kappa shape index (κ1) is 12.9. The van der Waals surface area contributed by atoms with Crippen LogP contribution in [0.25, 0.3) is 0 Å². The van der Waals surface area contributed by atoms with E-state index in [-0.39, 0.29) is 0 Å². The summed E-state index contributed by atoms with van der Waals surface area (Å²) in [6.07, 6.45) is 3.37. The molecule has 88 valence electrons. The predicted molar refractivity (Wildman–Crippen MR) is 67.5 cm³/mol. The first-order chi connectivity index (χ1) is 7.54. The topological polar surface area (TPSA) is 41.4 Å². The van der Waals surface area contributed by atoms with Gasteiger partial charge in [0.1, 0.15) is 11.0 Å². The second kappa shape index (κ2) is 5.80. The molecule has 0 unspecified atom stereocenters. The van der Waals surface area contributed by atoms with Gasteiger partial charge in [-0.15, -0.1) is 0 Å². The molecule has 1 aromatic rings. The molecule has 0 amide bonds. The van der Waals surface area contributed by atoms with Gasteiger partial charge in [-0.3, -0.25) is 0 Å². The van der Waals surface area contributed by atoms with Gasteiger partial charge in [-0.1, -0.05) is 24.9 Å². The molecule has 0 aliphatic carbocycles. The minimum atomic E-state index is 0.421. The standard InChI is InChI=1S/C11H17ClN4/c1-5-6-9-11(13-7-10(12)15-9)14-8(2)16(3)4/h7H,5-6H2,1-4H3/b14-8+. The van der Waals surface area contributed by atoms with Crippen molar-refractivity contribution >= 4 is 23.3 Å². The number of hydrogen-bond acceptors (Lipinski definition) is 3. The molecule has 5 heteroatoms. The van der Waals surface area contributed by atoms with Crippen LogP contribution < -0.4 is 0 Å². The molecule has 16 heavy (non-hydrogen) atoms. The SMILES string of the molecule is CCCc1nc(Cl)cnc1/N=C(\C)N(C)C. The van der Waals surface area contributed by atoms with Crippen molar-refractivity contribution in [1.82, 2.24) is 14.9 Å². The highest BCUT2D eigenvalue weighted by atomic mass is 35.5. The fraction of sp³-hybridized carbons (Fsp3) is 0.545. The lowest BCUT2D eigenvalue weighted by Gasteiger charge is -2.11. The Hall–Kier alpha value is -1.16. The second-order valence-corrected chi connectivity index (χ2v) is 4.15. The van der Waals surface area contributed by atoms with E-state index in [9.17, 15) is 0 Å². The Labute approximate surface area is 101 Å². The van der Waals surface area contributed by atoms with E-state index in [2.05, 4.69) is 21.9 Å². The van der Waals surface area contributed by atoms with E-state index in [0.717, 1.165) is 24.4 Å². The van der Waals surface area contributed by atoms with Gasteiger partial charge in [-0.25, -0.2) is 15.0 Å². The largest absolute Gasteiger partial charge is 0.366 e. The fourth-order valence-corrected chi connectivity index (χ4v) is 1.30. The van der Waals surface area contributed by atoms with Crippen LogP contribution in [0, 0.1) is 0 Å². The van der Waals surface area contributed by atoms with Gasteiger partial charge >= 0.3 is 0 Å². The highest BCUT2D eigenvalue weighted by Crippen LogP contribution is 2.18. The van der Waals surface area contributed by atoms with Crippen molar-refractivity contribution in [2.45, 2.75) is 26.7 Å². The average molecular weight is 241 g/mol. The Morgan fingerprint density at radius 2 is 2.19 bits per heavy atom. The average Bonchev–Trinajstić information content (AvgIpc) is 2.22. The van der Waals surface area contributed by atoms with E-state index >= 15 is 0 Å². The van der Waals surface area contributed by atoms with E-state index in [1.54, 1.807) is 0 Å². The lowest BCUT2D eigenvalue weighted by Crippen LogP contribution is -2.18. The molecular formula is C11H17ClN4. The lowest BCUT2D eigenvalue weighted by atomic mass is 10.2. The van der Waals surface area contributed by atoms with Gasteiger partial charge in [-0.2, -0.15) is 0 Å². The maximum absolute atomic E-state index is 5.82. The first-order valence-corrected chi connectivity index (χ1v) is 5.66. The highest BCUT2D eigenvalue weighted by Gasteiger charge is 2.06. The van der Waals surface area contributed by atoms with Crippen LogP contribution in [-0.4, -0.2) is 34.8 Å². The number of hydrogen-bond donors (Lipinski definition) is 0. The number of halogens is 1. The number of aliphatic imine (C=N–C) groups is 1. The van der Waals surface area contributed by atoms with Gasteiger partial charge in [0.15, 0.2) is 5.82 Å². The molecule has 0 saturated heterocycles. The molecule has 0 aromatic carbocycles. The van der Waals surface area contributed by atoms with Crippen molar-refractivity contribution in [3.63, 3.8) is 0 Å². The molecule has 1 rings (SSSR count). The van der Waals surface area contributed by atoms with Gasteiger partial charge in [-0.05, 0) is 13.3 Å². The molecule has 1 aromatic heterocycles. The smallest absolute Gasteiger partial charge is 0.175 e. The molecule has 1 heterocycles. The summed E-state index contributed by atoms with van der Waals surface area (Å²) in [5, 5.41) is 0.421. The summed E-state index contributed by atoms with van der Waals surface area (Å²) in [5.74, 6) is 1.56. The van der Waals surface area contributed by atoms with Gasteiger partial charge in [0, 0.05) is 14.1 Å². The molecule has 0 aliphatic rings. The molecule has 0 saturated carbocycles. The van der Waals surface area contributed by atoms with Gasteiger partial charge in [0.2, 0.25) is 0 Å². The molecule has 0 atom stereocenters. The summed E-state index contributed by atoms with van der Waals surface area (Å²) in [7, 11) is 3.89. The molecule has 0 aliphatic heterocycles. The second-order valence-electron chi connectivity index (χ2n) is 3.77. The zero-order valence-electron chi connectivity index (χ0n) is 10.2. The number of aromatic nitrogens is 2. The van der Waals surface area contributed by atoms with Gasteiger partial charge in [0.25, 0.3) is 0 Å². The van der Waals surface area contributed by atoms with E-state index in [1.165, 1.54) is 6.20 Å². The minimum absolute atomic E-state index is 0.421. The maximum Gasteiger partial charge on any atom is 0.175 e.